The Bertz CT molecular complexity index is 3050. The monoisotopic (exact) mass is 791 g/mol. The van der Waals surface area contributed by atoms with Crippen LogP contribution in [0.25, 0.3) is 55.4 Å². The Balaban J connectivity index is 0.934. The third-order valence-corrected chi connectivity index (χ3v) is 12.4. The molecule has 7 aromatic carbocycles. The van der Waals surface area contributed by atoms with Gasteiger partial charge in [-0.15, -0.1) is 0 Å². The number of amidine groups is 2. The Morgan fingerprint density at radius 1 is 0.623 bits per heavy atom. The molecule has 3 aliphatic rings. The lowest BCUT2D eigenvalue weighted by Crippen LogP contribution is -2.46. The van der Waals surface area contributed by atoms with E-state index in [1.54, 1.807) is 0 Å². The summed E-state index contributed by atoms with van der Waals surface area (Å²) >= 11 is 0. The minimum Gasteiger partial charge on any atom is -0.373 e. The maximum absolute atomic E-state index is 6.82. The minimum absolute atomic E-state index is 0.0916. The number of quaternary nitrogens is 1. The molecule has 6 heteroatoms. The zero-order chi connectivity index (χ0) is 41.7. The van der Waals surface area contributed by atoms with Crippen molar-refractivity contribution in [2.24, 2.45) is 20.7 Å². The summed E-state index contributed by atoms with van der Waals surface area (Å²) in [5.41, 5.74) is 23.8. The van der Waals surface area contributed by atoms with Crippen LogP contribution in [0.3, 0.4) is 0 Å². The highest BCUT2D eigenvalue weighted by Crippen LogP contribution is 2.48. The van der Waals surface area contributed by atoms with Crippen molar-refractivity contribution in [2.75, 3.05) is 21.1 Å². The molecule has 2 heterocycles. The molecule has 61 heavy (non-hydrogen) atoms. The highest BCUT2D eigenvalue weighted by Gasteiger charge is 2.48. The van der Waals surface area contributed by atoms with Crippen molar-refractivity contribution >= 4 is 39.9 Å². The molecule has 2 aliphatic heterocycles. The SMILES string of the molecule is CNC(=NC(N)c1ccccc1-c1ccccc1C)c1ccc(-c2cccc3c(-c4ccc(C5=NC6=C(C7N=CC=CC=C7c7ccccc76)[N+]5(C)C)cc4)cccc23)cc1. The summed E-state index contributed by atoms with van der Waals surface area (Å²) in [5, 5.41) is 5.71. The Morgan fingerprint density at radius 3 is 1.87 bits per heavy atom. The first-order chi connectivity index (χ1) is 29.8. The summed E-state index contributed by atoms with van der Waals surface area (Å²) in [6.45, 7) is 2.13. The van der Waals surface area contributed by atoms with E-state index in [0.717, 1.165) is 50.7 Å². The number of aryl methyl sites for hydroxylation is 1. The number of fused-ring (bicyclic) bond motifs is 6. The van der Waals surface area contributed by atoms with Crippen LogP contribution in [0, 0.1) is 6.92 Å². The third kappa shape index (κ3) is 6.57. The molecule has 2 atom stereocenters. The van der Waals surface area contributed by atoms with E-state index in [0.29, 0.717) is 4.48 Å². The van der Waals surface area contributed by atoms with Gasteiger partial charge >= 0.3 is 0 Å². The molecule has 0 bridgehead atoms. The molecule has 0 fully saturated rings. The third-order valence-electron chi connectivity index (χ3n) is 12.4. The van der Waals surface area contributed by atoms with Gasteiger partial charge in [-0.3, -0.25) is 4.99 Å². The highest BCUT2D eigenvalue weighted by atomic mass is 15.4. The van der Waals surface area contributed by atoms with E-state index in [4.69, 9.17) is 20.7 Å². The largest absolute Gasteiger partial charge is 0.373 e. The van der Waals surface area contributed by atoms with Crippen LogP contribution in [0.4, 0.5) is 0 Å². The summed E-state index contributed by atoms with van der Waals surface area (Å²) < 4.78 is 0.537. The van der Waals surface area contributed by atoms with Crippen molar-refractivity contribution in [3.05, 3.63) is 215 Å². The standard InChI is InChI=1S/C55H47N6/c1-35-15-5-6-16-40(35)43-17-8-10-21-49(43)53(56)60-54(57-2)38-30-26-36(27-31-38)41-22-13-25-45-42(23-14-24-44(41)45)37-28-32-39(33-29-37)55-59-51-48-19-9-7-18-46(48)47-20-11-12-34-58-50(47)52(51)61(55,3)4/h5-34,50,53H,56H2,1-4H3,(H,57,60)/q+1. The van der Waals surface area contributed by atoms with Crippen LogP contribution in [-0.4, -0.2) is 49.6 Å². The Kier molecular flexibility index (Phi) is 9.59. The fourth-order valence-corrected chi connectivity index (χ4v) is 9.39. The lowest BCUT2D eigenvalue weighted by molar-refractivity contribution is -0.755. The van der Waals surface area contributed by atoms with Gasteiger partial charge in [-0.25, -0.2) is 9.48 Å². The van der Waals surface area contributed by atoms with Gasteiger partial charge in [0.25, 0.3) is 0 Å². The fourth-order valence-electron chi connectivity index (χ4n) is 9.39. The molecule has 0 saturated heterocycles. The van der Waals surface area contributed by atoms with Crippen molar-refractivity contribution in [1.29, 1.82) is 0 Å². The first-order valence-electron chi connectivity index (χ1n) is 20.9. The van der Waals surface area contributed by atoms with Gasteiger partial charge in [0.05, 0.1) is 19.7 Å². The minimum atomic E-state index is -0.543. The van der Waals surface area contributed by atoms with Crippen LogP contribution in [0.5, 0.6) is 0 Å². The first-order valence-corrected chi connectivity index (χ1v) is 20.9. The number of nitrogens with two attached hydrogens (primary N) is 1. The zero-order valence-corrected chi connectivity index (χ0v) is 34.8. The summed E-state index contributed by atoms with van der Waals surface area (Å²) in [6, 6.07) is 55.9. The topological polar surface area (TPSA) is 75.1 Å². The zero-order valence-electron chi connectivity index (χ0n) is 34.8. The second-order valence-corrected chi connectivity index (χ2v) is 16.3. The number of likely N-dealkylation sites (N-methyl/N-ethyl adjacent to an activating group) is 1. The van der Waals surface area contributed by atoms with E-state index in [-0.39, 0.29) is 6.04 Å². The van der Waals surface area contributed by atoms with Crippen LogP contribution in [0.15, 0.2) is 197 Å². The lowest BCUT2D eigenvalue weighted by Gasteiger charge is -2.34. The molecule has 2 unspecified atom stereocenters. The van der Waals surface area contributed by atoms with Gasteiger partial charge in [0.15, 0.2) is 11.7 Å². The lowest BCUT2D eigenvalue weighted by atomic mass is 9.84. The predicted molar refractivity (Wildman–Crippen MR) is 255 cm³/mol. The molecule has 296 valence electrons. The molecule has 6 nitrogen and oxygen atoms in total. The quantitative estimate of drug-likeness (QED) is 0.0958. The average molecular weight is 792 g/mol. The van der Waals surface area contributed by atoms with Gasteiger partial charge in [0, 0.05) is 24.4 Å². The van der Waals surface area contributed by atoms with Crippen molar-refractivity contribution in [2.45, 2.75) is 19.1 Å². The molecular formula is C55H47N6+. The number of nitrogens with zero attached hydrogens (tertiary/aromatic N) is 4. The second kappa shape index (κ2) is 15.4. The molecule has 0 spiro atoms. The first kappa shape index (κ1) is 38.0. The van der Waals surface area contributed by atoms with Gasteiger partial charge < -0.3 is 11.1 Å². The Morgan fingerprint density at radius 2 is 1.20 bits per heavy atom. The van der Waals surface area contributed by atoms with Crippen LogP contribution < -0.4 is 11.1 Å². The normalized spacial score (nSPS) is 16.9. The number of hydrogen-bond donors (Lipinski definition) is 2. The van der Waals surface area contributed by atoms with Crippen LogP contribution in [-0.2, 0) is 0 Å². The van der Waals surface area contributed by atoms with Crippen LogP contribution in [0.1, 0.15) is 39.5 Å². The smallest absolute Gasteiger partial charge is 0.240 e. The Labute approximate surface area is 357 Å². The molecular weight excluding hydrogens is 745 g/mol. The van der Waals surface area contributed by atoms with E-state index in [2.05, 4.69) is 190 Å². The number of aliphatic imine (C=N–C) groups is 3. The van der Waals surface area contributed by atoms with E-state index in [1.807, 2.05) is 25.4 Å². The van der Waals surface area contributed by atoms with Crippen molar-refractivity contribution in [1.82, 2.24) is 5.32 Å². The average Bonchev–Trinajstić information content (AvgIpc) is 3.40. The van der Waals surface area contributed by atoms with E-state index in [9.17, 15) is 0 Å². The van der Waals surface area contributed by atoms with Crippen LogP contribution in [0.2, 0.25) is 0 Å². The molecule has 0 aromatic heterocycles. The van der Waals surface area contributed by atoms with Gasteiger partial charge in [0.1, 0.15) is 17.7 Å². The molecule has 0 saturated carbocycles. The molecule has 10 rings (SSSR count). The maximum atomic E-state index is 6.82. The highest BCUT2D eigenvalue weighted by molar-refractivity contribution is 6.07. The number of benzene rings is 7. The predicted octanol–water partition coefficient (Wildman–Crippen LogP) is 11.4. The number of allylic oxidation sites excluding steroid dienone is 3. The van der Waals surface area contributed by atoms with Gasteiger partial charge in [-0.05, 0) is 91.5 Å². The molecule has 7 aromatic rings. The van der Waals surface area contributed by atoms with E-state index >= 15 is 0 Å². The molecule has 3 N–H and O–H groups in total. The van der Waals surface area contributed by atoms with Crippen molar-refractivity contribution in [3.63, 3.8) is 0 Å². The van der Waals surface area contributed by atoms with Gasteiger partial charge in [-0.2, -0.15) is 4.99 Å². The summed E-state index contributed by atoms with van der Waals surface area (Å²) in [4.78, 5) is 15.4. The summed E-state index contributed by atoms with van der Waals surface area (Å²) in [7, 11) is 6.37. The van der Waals surface area contributed by atoms with Gasteiger partial charge in [-0.1, -0.05) is 158 Å². The summed E-state index contributed by atoms with van der Waals surface area (Å²) in [5.74, 6) is 1.76. The van der Waals surface area contributed by atoms with E-state index in [1.165, 1.54) is 55.4 Å². The fraction of sp³-hybridized carbons (Fsp3) is 0.109. The number of rotatable bonds is 7. The van der Waals surface area contributed by atoms with Crippen molar-refractivity contribution < 1.29 is 4.48 Å². The van der Waals surface area contributed by atoms with E-state index < -0.39 is 6.17 Å². The number of hydrogen-bond acceptors (Lipinski definition) is 4. The molecule has 0 amide bonds. The maximum Gasteiger partial charge on any atom is 0.240 e. The molecule has 0 radical (unpaired) electrons. The second-order valence-electron chi connectivity index (χ2n) is 16.3. The molecule has 1 aliphatic carbocycles. The van der Waals surface area contributed by atoms with Crippen molar-refractivity contribution in [3.8, 4) is 33.4 Å². The summed E-state index contributed by atoms with van der Waals surface area (Å²) in [6.07, 6.45) is 7.69. The number of nitrogens with one attached hydrogen (secondary N) is 1. The van der Waals surface area contributed by atoms with Gasteiger partial charge in [0.2, 0.25) is 5.84 Å². The van der Waals surface area contributed by atoms with Crippen LogP contribution >= 0.6 is 0 Å². The Hall–Kier alpha value is -7.25.